The van der Waals surface area contributed by atoms with E-state index in [1.807, 2.05) is 59.5 Å². The van der Waals surface area contributed by atoms with Crippen LogP contribution in [0.3, 0.4) is 0 Å². The van der Waals surface area contributed by atoms with E-state index < -0.39 is 0 Å². The molecule has 0 bridgehead atoms. The first-order valence-corrected chi connectivity index (χ1v) is 11.1. The van der Waals surface area contributed by atoms with Crippen LogP contribution >= 0.6 is 0 Å². The molecule has 2 heterocycles. The number of nitrogens with zero attached hydrogens (tertiary/aromatic N) is 4. The summed E-state index contributed by atoms with van der Waals surface area (Å²) in [4.78, 5) is 28.0. The number of rotatable bonds is 4. The molecule has 1 amide bonds. The number of carbonyl (C=O) groups excluding carboxylic acids is 1. The summed E-state index contributed by atoms with van der Waals surface area (Å²) in [5.74, 6) is 0.872. The Hall–Kier alpha value is -3.67. The average molecular weight is 427 g/mol. The number of hydrogen-bond acceptors (Lipinski definition) is 3. The van der Waals surface area contributed by atoms with Gasteiger partial charge >= 0.3 is 5.69 Å². The fraction of sp³-hybridized carbons (Fsp3) is 0.269. The molecule has 1 saturated heterocycles. The van der Waals surface area contributed by atoms with Crippen LogP contribution in [-0.4, -0.2) is 38.2 Å². The van der Waals surface area contributed by atoms with Crippen LogP contribution in [0.4, 0.5) is 0 Å². The molecule has 6 nitrogen and oxygen atoms in total. The smallest absolute Gasteiger partial charge is 0.342 e. The van der Waals surface area contributed by atoms with Crippen molar-refractivity contribution in [3.63, 3.8) is 0 Å². The normalized spacial score (nSPS) is 16.4. The number of para-hydroxylation sites is 1. The number of carbonyl (C=O) groups is 1. The summed E-state index contributed by atoms with van der Waals surface area (Å²) in [7, 11) is 1.68. The van der Waals surface area contributed by atoms with Crippen molar-refractivity contribution in [2.45, 2.75) is 25.2 Å². The highest BCUT2D eigenvalue weighted by atomic mass is 16.2. The van der Waals surface area contributed by atoms with Crippen LogP contribution < -0.4 is 5.69 Å². The van der Waals surface area contributed by atoms with Gasteiger partial charge in [-0.05, 0) is 41.3 Å². The zero-order chi connectivity index (χ0) is 22.1. The lowest BCUT2D eigenvalue weighted by Gasteiger charge is -2.32. The summed E-state index contributed by atoms with van der Waals surface area (Å²) >= 11 is 0. The van der Waals surface area contributed by atoms with Crippen molar-refractivity contribution in [1.29, 1.82) is 0 Å². The molecular weight excluding hydrogens is 400 g/mol. The standard InChI is InChI=1S/C26H26N4O2/c1-28-26(32)30(22-13-3-2-4-14-22)25(27-28)21-12-8-16-29(18-21)24(31)17-20-11-7-10-19-9-5-6-15-23(19)20/h2-7,9-11,13-15,21H,8,12,16-18H2,1H3. The van der Waals surface area contributed by atoms with Crippen LogP contribution in [0.15, 0.2) is 77.6 Å². The minimum absolute atomic E-state index is 0.0225. The summed E-state index contributed by atoms with van der Waals surface area (Å²) in [6.07, 6.45) is 2.18. The van der Waals surface area contributed by atoms with Crippen molar-refractivity contribution >= 4 is 16.7 Å². The summed E-state index contributed by atoms with van der Waals surface area (Å²) in [6, 6.07) is 23.9. The van der Waals surface area contributed by atoms with Crippen LogP contribution in [0.5, 0.6) is 0 Å². The maximum atomic E-state index is 13.2. The lowest BCUT2D eigenvalue weighted by atomic mass is 9.95. The van der Waals surface area contributed by atoms with Gasteiger partial charge in [-0.2, -0.15) is 5.10 Å². The highest BCUT2D eigenvalue weighted by Gasteiger charge is 2.29. The van der Waals surface area contributed by atoms with Crippen molar-refractivity contribution in [2.24, 2.45) is 7.05 Å². The van der Waals surface area contributed by atoms with Gasteiger partial charge in [0, 0.05) is 26.1 Å². The Bertz CT molecular complexity index is 1320. The second kappa shape index (κ2) is 8.46. The molecule has 1 fully saturated rings. The van der Waals surface area contributed by atoms with E-state index in [1.54, 1.807) is 11.6 Å². The molecule has 5 rings (SSSR count). The molecule has 0 aliphatic carbocycles. The first-order chi connectivity index (χ1) is 15.6. The van der Waals surface area contributed by atoms with E-state index in [0.29, 0.717) is 13.0 Å². The van der Waals surface area contributed by atoms with Crippen LogP contribution in [0, 0.1) is 0 Å². The van der Waals surface area contributed by atoms with E-state index in [4.69, 9.17) is 0 Å². The Morgan fingerprint density at radius 1 is 1.00 bits per heavy atom. The molecule has 3 aromatic carbocycles. The van der Waals surface area contributed by atoms with Gasteiger partial charge in [0.25, 0.3) is 0 Å². The highest BCUT2D eigenvalue weighted by molar-refractivity contribution is 5.90. The van der Waals surface area contributed by atoms with Crippen molar-refractivity contribution in [2.75, 3.05) is 13.1 Å². The lowest BCUT2D eigenvalue weighted by Crippen LogP contribution is -2.40. The van der Waals surface area contributed by atoms with E-state index in [0.717, 1.165) is 47.2 Å². The molecule has 32 heavy (non-hydrogen) atoms. The molecule has 1 aromatic heterocycles. The quantitative estimate of drug-likeness (QED) is 0.500. The highest BCUT2D eigenvalue weighted by Crippen LogP contribution is 2.27. The van der Waals surface area contributed by atoms with Gasteiger partial charge < -0.3 is 4.90 Å². The maximum Gasteiger partial charge on any atom is 0.350 e. The Kier molecular flexibility index (Phi) is 5.35. The molecule has 4 aromatic rings. The largest absolute Gasteiger partial charge is 0.350 e. The monoisotopic (exact) mass is 426 g/mol. The average Bonchev–Trinajstić information content (AvgIpc) is 3.14. The molecule has 0 spiro atoms. The second-order valence-electron chi connectivity index (χ2n) is 8.43. The number of aryl methyl sites for hydroxylation is 1. The van der Waals surface area contributed by atoms with Crippen molar-refractivity contribution < 1.29 is 4.79 Å². The van der Waals surface area contributed by atoms with E-state index >= 15 is 0 Å². The van der Waals surface area contributed by atoms with Crippen molar-refractivity contribution in [3.8, 4) is 5.69 Å². The Balaban J connectivity index is 1.40. The second-order valence-corrected chi connectivity index (χ2v) is 8.43. The van der Waals surface area contributed by atoms with E-state index in [2.05, 4.69) is 23.3 Å². The minimum atomic E-state index is -0.162. The first-order valence-electron chi connectivity index (χ1n) is 11.1. The van der Waals surface area contributed by atoms with E-state index in [9.17, 15) is 9.59 Å². The Morgan fingerprint density at radius 2 is 1.75 bits per heavy atom. The van der Waals surface area contributed by atoms with Gasteiger partial charge in [-0.15, -0.1) is 0 Å². The molecular formula is C26H26N4O2. The van der Waals surface area contributed by atoms with Crippen LogP contribution in [-0.2, 0) is 18.3 Å². The molecule has 1 unspecified atom stereocenters. The molecule has 1 aliphatic rings. The Morgan fingerprint density at radius 3 is 2.59 bits per heavy atom. The SMILES string of the molecule is Cn1nc(C2CCCN(C(=O)Cc3cccc4ccccc34)C2)n(-c2ccccc2)c1=O. The van der Waals surface area contributed by atoms with Gasteiger partial charge in [0.05, 0.1) is 12.1 Å². The maximum absolute atomic E-state index is 13.2. The van der Waals surface area contributed by atoms with Gasteiger partial charge in [-0.1, -0.05) is 60.7 Å². The van der Waals surface area contributed by atoms with E-state index in [-0.39, 0.29) is 17.5 Å². The zero-order valence-corrected chi connectivity index (χ0v) is 18.1. The third-order valence-corrected chi connectivity index (χ3v) is 6.32. The number of aromatic nitrogens is 3. The number of fused-ring (bicyclic) bond motifs is 1. The van der Waals surface area contributed by atoms with E-state index in [1.165, 1.54) is 4.68 Å². The molecule has 0 saturated carbocycles. The number of likely N-dealkylation sites (tertiary alicyclic amines) is 1. The number of amides is 1. The van der Waals surface area contributed by atoms with Gasteiger partial charge in [0.15, 0.2) is 0 Å². The predicted octanol–water partition coefficient (Wildman–Crippen LogP) is 3.67. The number of hydrogen-bond donors (Lipinski definition) is 0. The van der Waals surface area contributed by atoms with Gasteiger partial charge in [-0.25, -0.2) is 14.0 Å². The summed E-state index contributed by atoms with van der Waals surface area (Å²) in [6.45, 7) is 1.31. The van der Waals surface area contributed by atoms with Crippen LogP contribution in [0.25, 0.3) is 16.5 Å². The van der Waals surface area contributed by atoms with Crippen LogP contribution in [0.2, 0.25) is 0 Å². The van der Waals surface area contributed by atoms with Gasteiger partial charge in [-0.3, -0.25) is 4.79 Å². The minimum Gasteiger partial charge on any atom is -0.342 e. The number of benzene rings is 3. The Labute approximate surface area is 186 Å². The molecule has 1 atom stereocenters. The van der Waals surface area contributed by atoms with Crippen molar-refractivity contribution in [3.05, 3.63) is 94.7 Å². The van der Waals surface area contributed by atoms with Crippen molar-refractivity contribution in [1.82, 2.24) is 19.2 Å². The predicted molar refractivity (Wildman–Crippen MR) is 125 cm³/mol. The zero-order valence-electron chi connectivity index (χ0n) is 18.1. The summed E-state index contributed by atoms with van der Waals surface area (Å²) < 4.78 is 3.07. The molecule has 0 radical (unpaired) electrons. The number of piperidine rings is 1. The van der Waals surface area contributed by atoms with Gasteiger partial charge in [0.2, 0.25) is 5.91 Å². The third kappa shape index (κ3) is 3.73. The topological polar surface area (TPSA) is 60.1 Å². The van der Waals surface area contributed by atoms with Gasteiger partial charge in [0.1, 0.15) is 5.82 Å². The summed E-state index contributed by atoms with van der Waals surface area (Å²) in [5.41, 5.74) is 1.69. The fourth-order valence-corrected chi connectivity index (χ4v) is 4.70. The molecule has 0 N–H and O–H groups in total. The lowest BCUT2D eigenvalue weighted by molar-refractivity contribution is -0.131. The third-order valence-electron chi connectivity index (χ3n) is 6.32. The van der Waals surface area contributed by atoms with Crippen LogP contribution in [0.1, 0.15) is 30.1 Å². The fourth-order valence-electron chi connectivity index (χ4n) is 4.70. The first kappa shape index (κ1) is 20.2. The molecule has 1 aliphatic heterocycles. The molecule has 162 valence electrons. The molecule has 6 heteroatoms. The summed E-state index contributed by atoms with van der Waals surface area (Å²) in [5, 5.41) is 6.83.